The number of alkyl halides is 3. The quantitative estimate of drug-likeness (QED) is 0.523. The van der Waals surface area contributed by atoms with Crippen molar-refractivity contribution in [3.8, 4) is 11.5 Å². The fourth-order valence-corrected chi connectivity index (χ4v) is 3.05. The summed E-state index contributed by atoms with van der Waals surface area (Å²) in [6, 6.07) is 6.31. The average molecular weight is 406 g/mol. The normalized spacial score (nSPS) is 13.5. The summed E-state index contributed by atoms with van der Waals surface area (Å²) in [5.41, 5.74) is -0.177. The van der Waals surface area contributed by atoms with Crippen LogP contribution in [0.5, 0.6) is 11.5 Å². The summed E-state index contributed by atoms with van der Waals surface area (Å²) < 4.78 is 51.3. The van der Waals surface area contributed by atoms with Gasteiger partial charge in [-0.3, -0.25) is 0 Å². The van der Waals surface area contributed by atoms with Crippen molar-refractivity contribution in [1.29, 1.82) is 0 Å². The number of H-pyrrole nitrogens is 1. The van der Waals surface area contributed by atoms with E-state index >= 15 is 0 Å². The summed E-state index contributed by atoms with van der Waals surface area (Å²) in [7, 11) is 0. The lowest BCUT2D eigenvalue weighted by Crippen LogP contribution is -2.16. The second-order valence-corrected chi connectivity index (χ2v) is 6.47. The molecule has 3 heterocycles. The van der Waals surface area contributed by atoms with Gasteiger partial charge in [-0.05, 0) is 18.6 Å². The molecule has 0 atom stereocenters. The number of anilines is 3. The number of aromatic amines is 1. The van der Waals surface area contributed by atoms with Gasteiger partial charge in [-0.1, -0.05) is 13.3 Å². The zero-order chi connectivity index (χ0) is 20.4. The van der Waals surface area contributed by atoms with Gasteiger partial charge in [0.1, 0.15) is 24.7 Å². The first-order valence-electron chi connectivity index (χ1n) is 9.25. The van der Waals surface area contributed by atoms with E-state index in [1.807, 2.05) is 6.92 Å². The van der Waals surface area contributed by atoms with Crippen molar-refractivity contribution in [3.63, 3.8) is 0 Å². The highest BCUT2D eigenvalue weighted by atomic mass is 19.4. The molecule has 0 fully saturated rings. The van der Waals surface area contributed by atoms with Gasteiger partial charge in [0.05, 0.1) is 16.6 Å². The molecule has 0 saturated heterocycles. The Bertz CT molecular complexity index is 1020. The molecule has 4 rings (SSSR count). The number of ether oxygens (including phenoxy) is 2. The van der Waals surface area contributed by atoms with Crippen LogP contribution >= 0.6 is 0 Å². The Morgan fingerprint density at radius 1 is 1.24 bits per heavy atom. The van der Waals surface area contributed by atoms with Crippen LogP contribution < -0.4 is 20.1 Å². The number of hydrogen-bond donors (Lipinski definition) is 3. The number of nitrogens with one attached hydrogen (secondary N) is 3. The fourth-order valence-electron chi connectivity index (χ4n) is 3.05. The minimum absolute atomic E-state index is 0.0813. The molecular weight excluding hydrogens is 387 g/mol. The van der Waals surface area contributed by atoms with Crippen molar-refractivity contribution in [2.75, 3.05) is 30.4 Å². The van der Waals surface area contributed by atoms with E-state index in [-0.39, 0.29) is 22.8 Å². The summed E-state index contributed by atoms with van der Waals surface area (Å²) in [6.45, 7) is 3.30. The topological polar surface area (TPSA) is 84.1 Å². The standard InChI is InChI=1S/C19H19F3N5O2/c1-2-3-7-23-16-14-11(19(20,21)22)10-24-17(14)27-18(26-16)25-12-5-4-6-13-15(12)29-9-8-28-13/h4-5,10H,2-3,7-9H2,1H3,(H3,23,24,25,26,27). The van der Waals surface area contributed by atoms with E-state index in [1.165, 1.54) is 0 Å². The van der Waals surface area contributed by atoms with Gasteiger partial charge < -0.3 is 25.1 Å². The number of fused-ring (bicyclic) bond motifs is 2. The molecule has 0 bridgehead atoms. The Balaban J connectivity index is 1.74. The van der Waals surface area contributed by atoms with Crippen molar-refractivity contribution >= 4 is 28.5 Å². The summed E-state index contributed by atoms with van der Waals surface area (Å²) in [6.07, 6.45) is -1.91. The molecular formula is C19H19F3N5O2. The van der Waals surface area contributed by atoms with E-state index in [0.29, 0.717) is 36.9 Å². The van der Waals surface area contributed by atoms with E-state index in [0.717, 1.165) is 19.0 Å². The Labute approximate surface area is 164 Å². The maximum atomic E-state index is 13.4. The van der Waals surface area contributed by atoms with E-state index in [2.05, 4.69) is 31.7 Å². The predicted octanol–water partition coefficient (Wildman–Crippen LogP) is 4.50. The molecule has 3 N–H and O–H groups in total. The molecule has 0 amide bonds. The van der Waals surface area contributed by atoms with Crippen molar-refractivity contribution in [2.45, 2.75) is 25.9 Å². The van der Waals surface area contributed by atoms with Crippen LogP contribution in [-0.2, 0) is 6.18 Å². The monoisotopic (exact) mass is 406 g/mol. The molecule has 29 heavy (non-hydrogen) atoms. The van der Waals surface area contributed by atoms with Crippen LogP contribution in [-0.4, -0.2) is 34.7 Å². The van der Waals surface area contributed by atoms with Gasteiger partial charge in [-0.15, -0.1) is 0 Å². The minimum atomic E-state index is -4.52. The second kappa shape index (κ2) is 7.69. The molecule has 10 heteroatoms. The van der Waals surface area contributed by atoms with Crippen molar-refractivity contribution in [3.05, 3.63) is 30.0 Å². The van der Waals surface area contributed by atoms with Gasteiger partial charge >= 0.3 is 6.18 Å². The van der Waals surface area contributed by atoms with Gasteiger partial charge in [-0.2, -0.15) is 23.1 Å². The van der Waals surface area contributed by atoms with Gasteiger partial charge in [-0.25, -0.2) is 0 Å². The Hall–Kier alpha value is -3.17. The zero-order valence-corrected chi connectivity index (χ0v) is 15.6. The summed E-state index contributed by atoms with van der Waals surface area (Å²) in [5, 5.41) is 5.94. The molecule has 2 aromatic heterocycles. The van der Waals surface area contributed by atoms with E-state index in [9.17, 15) is 13.2 Å². The SMILES string of the molecule is CCCCNc1nc(Nc2cc[c]c3c2OCCO3)nc2[nH]cc(C(F)(F)F)c12. The van der Waals surface area contributed by atoms with Gasteiger partial charge in [0.25, 0.3) is 0 Å². The number of aromatic nitrogens is 3. The molecule has 0 saturated carbocycles. The first kappa shape index (κ1) is 19.2. The average Bonchev–Trinajstić information content (AvgIpc) is 3.13. The lowest BCUT2D eigenvalue weighted by Gasteiger charge is -2.21. The molecule has 0 unspecified atom stereocenters. The lowest BCUT2D eigenvalue weighted by molar-refractivity contribution is -0.136. The van der Waals surface area contributed by atoms with Gasteiger partial charge in [0.2, 0.25) is 5.95 Å². The Kier molecular flexibility index (Phi) is 5.08. The summed E-state index contributed by atoms with van der Waals surface area (Å²) in [5.74, 6) is 1.18. The molecule has 1 radical (unpaired) electrons. The molecule has 1 aromatic carbocycles. The fraction of sp³-hybridized carbons (Fsp3) is 0.368. The Morgan fingerprint density at radius 2 is 2.07 bits per heavy atom. The Morgan fingerprint density at radius 3 is 2.86 bits per heavy atom. The van der Waals surface area contributed by atoms with Crippen LogP contribution in [0.15, 0.2) is 18.3 Å². The van der Waals surface area contributed by atoms with Crippen molar-refractivity contribution in [1.82, 2.24) is 15.0 Å². The molecule has 153 valence electrons. The smallest absolute Gasteiger partial charge is 0.418 e. The number of hydrogen-bond acceptors (Lipinski definition) is 6. The third kappa shape index (κ3) is 3.87. The third-order valence-corrected chi connectivity index (χ3v) is 4.40. The first-order chi connectivity index (χ1) is 14.0. The van der Waals surface area contributed by atoms with Crippen LogP contribution in [0.4, 0.5) is 30.6 Å². The highest BCUT2D eigenvalue weighted by Crippen LogP contribution is 2.40. The first-order valence-corrected chi connectivity index (χ1v) is 9.25. The van der Waals surface area contributed by atoms with Crippen LogP contribution in [0.1, 0.15) is 25.3 Å². The molecule has 0 aliphatic carbocycles. The number of halogens is 3. The molecule has 7 nitrogen and oxygen atoms in total. The van der Waals surface area contributed by atoms with Crippen LogP contribution in [0.25, 0.3) is 11.0 Å². The van der Waals surface area contributed by atoms with E-state index < -0.39 is 11.7 Å². The number of unbranched alkanes of at least 4 members (excludes halogenated alkanes) is 1. The highest BCUT2D eigenvalue weighted by molar-refractivity contribution is 5.92. The lowest BCUT2D eigenvalue weighted by atomic mass is 10.2. The van der Waals surface area contributed by atoms with Crippen LogP contribution in [0.3, 0.4) is 0 Å². The van der Waals surface area contributed by atoms with Crippen LogP contribution in [0.2, 0.25) is 0 Å². The molecule has 1 aliphatic heterocycles. The summed E-state index contributed by atoms with van der Waals surface area (Å²) in [4.78, 5) is 11.1. The van der Waals surface area contributed by atoms with E-state index in [4.69, 9.17) is 9.47 Å². The molecule has 3 aromatic rings. The number of benzene rings is 1. The summed E-state index contributed by atoms with van der Waals surface area (Å²) >= 11 is 0. The predicted molar refractivity (Wildman–Crippen MR) is 102 cm³/mol. The van der Waals surface area contributed by atoms with Crippen molar-refractivity contribution in [2.24, 2.45) is 0 Å². The second-order valence-electron chi connectivity index (χ2n) is 6.47. The van der Waals surface area contributed by atoms with Gasteiger partial charge in [0, 0.05) is 18.8 Å². The number of nitrogens with zero attached hydrogens (tertiary/aromatic N) is 2. The van der Waals surface area contributed by atoms with Crippen LogP contribution in [0, 0.1) is 6.07 Å². The largest absolute Gasteiger partial charge is 0.485 e. The van der Waals surface area contributed by atoms with Crippen molar-refractivity contribution < 1.29 is 22.6 Å². The molecule has 1 aliphatic rings. The molecule has 0 spiro atoms. The minimum Gasteiger partial charge on any atom is -0.485 e. The van der Waals surface area contributed by atoms with Gasteiger partial charge in [0.15, 0.2) is 11.5 Å². The number of rotatable bonds is 6. The van der Waals surface area contributed by atoms with E-state index in [1.54, 1.807) is 12.1 Å². The zero-order valence-electron chi connectivity index (χ0n) is 15.6. The maximum absolute atomic E-state index is 13.4. The maximum Gasteiger partial charge on any atom is 0.418 e. The third-order valence-electron chi connectivity index (χ3n) is 4.40. The highest BCUT2D eigenvalue weighted by Gasteiger charge is 2.35.